The van der Waals surface area contributed by atoms with Gasteiger partial charge in [-0.05, 0) is 35.9 Å². The highest BCUT2D eigenvalue weighted by Gasteiger charge is 2.10. The monoisotopic (exact) mass is 313 g/mol. The lowest BCUT2D eigenvalue weighted by molar-refractivity contribution is 0.605. The number of pyridine rings is 1. The van der Waals surface area contributed by atoms with Crippen LogP contribution in [0.25, 0.3) is 6.08 Å². The van der Waals surface area contributed by atoms with Crippen molar-refractivity contribution in [3.8, 4) is 0 Å². The number of sulfone groups is 1. The predicted molar refractivity (Wildman–Crippen MR) is 76.9 cm³/mol. The van der Waals surface area contributed by atoms with E-state index >= 15 is 0 Å². The van der Waals surface area contributed by atoms with Crippen molar-refractivity contribution in [1.82, 2.24) is 4.98 Å². The Morgan fingerprint density at radius 2 is 1.89 bits per heavy atom. The Hall–Kier alpha value is -1.36. The third-order valence-corrected chi connectivity index (χ3v) is 4.18. The van der Waals surface area contributed by atoms with Gasteiger partial charge in [-0.3, -0.25) is 0 Å². The van der Waals surface area contributed by atoms with Gasteiger partial charge in [0.2, 0.25) is 0 Å². The number of hydrogen-bond acceptors (Lipinski definition) is 3. The third kappa shape index (κ3) is 3.80. The fraction of sp³-hybridized carbons (Fsp3) is 0. The lowest BCUT2D eigenvalue weighted by Crippen LogP contribution is -1.95. The van der Waals surface area contributed by atoms with Crippen LogP contribution in [0.1, 0.15) is 5.56 Å². The molecule has 0 saturated heterocycles. The van der Waals surface area contributed by atoms with Gasteiger partial charge in [0.1, 0.15) is 5.15 Å². The summed E-state index contributed by atoms with van der Waals surface area (Å²) in [6, 6.07) is 9.37. The maximum Gasteiger partial charge on any atom is 0.199 e. The number of halogens is 2. The van der Waals surface area contributed by atoms with Gasteiger partial charge >= 0.3 is 0 Å². The van der Waals surface area contributed by atoms with Gasteiger partial charge in [-0.15, -0.1) is 0 Å². The van der Waals surface area contributed by atoms with E-state index in [1.807, 2.05) is 0 Å². The van der Waals surface area contributed by atoms with E-state index in [0.29, 0.717) is 15.7 Å². The van der Waals surface area contributed by atoms with E-state index in [2.05, 4.69) is 4.98 Å². The number of hydrogen-bond donors (Lipinski definition) is 0. The summed E-state index contributed by atoms with van der Waals surface area (Å²) < 4.78 is 24.1. The molecule has 6 heteroatoms. The van der Waals surface area contributed by atoms with Gasteiger partial charge in [0, 0.05) is 16.6 Å². The highest BCUT2D eigenvalue weighted by atomic mass is 35.5. The highest BCUT2D eigenvalue weighted by Crippen LogP contribution is 2.18. The van der Waals surface area contributed by atoms with Gasteiger partial charge in [-0.2, -0.15) is 0 Å². The van der Waals surface area contributed by atoms with Crippen LogP contribution < -0.4 is 0 Å². The quantitative estimate of drug-likeness (QED) is 0.809. The summed E-state index contributed by atoms with van der Waals surface area (Å²) in [5, 5.41) is 1.85. The topological polar surface area (TPSA) is 47.0 Å². The predicted octanol–water partition coefficient (Wildman–Crippen LogP) is 3.83. The molecule has 0 atom stereocenters. The van der Waals surface area contributed by atoms with Crippen molar-refractivity contribution >= 4 is 39.1 Å². The maximum atomic E-state index is 12.0. The van der Waals surface area contributed by atoms with E-state index in [9.17, 15) is 8.42 Å². The maximum absolute atomic E-state index is 12.0. The molecule has 1 heterocycles. The summed E-state index contributed by atoms with van der Waals surface area (Å²) >= 11 is 11.4. The molecule has 3 nitrogen and oxygen atoms in total. The summed E-state index contributed by atoms with van der Waals surface area (Å²) in [5.74, 6) is 0. The van der Waals surface area contributed by atoms with Crippen LogP contribution >= 0.6 is 23.2 Å². The molecule has 0 aliphatic rings. The van der Waals surface area contributed by atoms with Crippen molar-refractivity contribution in [2.45, 2.75) is 4.90 Å². The molecule has 0 unspecified atom stereocenters. The molecule has 2 aromatic rings. The highest BCUT2D eigenvalue weighted by molar-refractivity contribution is 7.94. The number of rotatable bonds is 3. The summed E-state index contributed by atoms with van der Waals surface area (Å²) in [6.07, 6.45) is 2.95. The Labute approximate surface area is 121 Å². The average molecular weight is 314 g/mol. The van der Waals surface area contributed by atoms with Gasteiger partial charge < -0.3 is 0 Å². The molecule has 19 heavy (non-hydrogen) atoms. The van der Waals surface area contributed by atoms with Crippen LogP contribution in [0.2, 0.25) is 10.2 Å². The average Bonchev–Trinajstić information content (AvgIpc) is 2.38. The van der Waals surface area contributed by atoms with Crippen LogP contribution in [0, 0.1) is 0 Å². The Morgan fingerprint density at radius 3 is 2.53 bits per heavy atom. The van der Waals surface area contributed by atoms with Crippen molar-refractivity contribution in [1.29, 1.82) is 0 Å². The van der Waals surface area contributed by atoms with E-state index in [1.54, 1.807) is 24.3 Å². The van der Waals surface area contributed by atoms with Crippen LogP contribution in [-0.4, -0.2) is 13.4 Å². The zero-order valence-electron chi connectivity index (χ0n) is 9.62. The summed E-state index contributed by atoms with van der Waals surface area (Å²) in [4.78, 5) is 4.02. The van der Waals surface area contributed by atoms with Gasteiger partial charge in [0.25, 0.3) is 0 Å². The first-order valence-corrected chi connectivity index (χ1v) is 7.58. The van der Waals surface area contributed by atoms with Crippen molar-refractivity contribution < 1.29 is 8.42 Å². The number of aromatic nitrogens is 1. The smallest absolute Gasteiger partial charge is 0.199 e. The molecule has 0 saturated carbocycles. The van der Waals surface area contributed by atoms with Gasteiger partial charge in [-0.1, -0.05) is 35.3 Å². The SMILES string of the molecule is O=S(=O)(/C=C/c1ccc(Cl)nc1)c1cccc(Cl)c1. The van der Waals surface area contributed by atoms with Crippen molar-refractivity contribution in [3.05, 3.63) is 63.7 Å². The zero-order valence-corrected chi connectivity index (χ0v) is 12.0. The second-order valence-corrected chi connectivity index (χ2v) is 6.38. The first-order valence-electron chi connectivity index (χ1n) is 5.28. The van der Waals surface area contributed by atoms with Crippen LogP contribution in [0.3, 0.4) is 0 Å². The fourth-order valence-corrected chi connectivity index (χ4v) is 2.80. The lowest BCUT2D eigenvalue weighted by Gasteiger charge is -1.99. The summed E-state index contributed by atoms with van der Waals surface area (Å²) in [6.45, 7) is 0. The first kappa shape index (κ1) is 14.1. The van der Waals surface area contributed by atoms with Crippen LogP contribution in [0.5, 0.6) is 0 Å². The zero-order chi connectivity index (χ0) is 13.9. The van der Waals surface area contributed by atoms with Crippen molar-refractivity contribution in [2.24, 2.45) is 0 Å². The molecule has 0 bridgehead atoms. The Morgan fingerprint density at radius 1 is 1.11 bits per heavy atom. The summed E-state index contributed by atoms with van der Waals surface area (Å²) in [7, 11) is -3.52. The van der Waals surface area contributed by atoms with E-state index in [0.717, 1.165) is 5.41 Å². The second-order valence-electron chi connectivity index (χ2n) is 3.72. The van der Waals surface area contributed by atoms with E-state index < -0.39 is 9.84 Å². The summed E-state index contributed by atoms with van der Waals surface area (Å²) in [5.41, 5.74) is 0.648. The van der Waals surface area contributed by atoms with Crippen molar-refractivity contribution in [3.63, 3.8) is 0 Å². The normalized spacial score (nSPS) is 11.9. The Balaban J connectivity index is 2.29. The van der Waals surface area contributed by atoms with Crippen molar-refractivity contribution in [2.75, 3.05) is 0 Å². The molecule has 0 aliphatic carbocycles. The molecule has 0 amide bonds. The molecule has 0 aliphatic heterocycles. The van der Waals surface area contributed by atoms with E-state index in [4.69, 9.17) is 23.2 Å². The Kier molecular flexibility index (Phi) is 4.24. The first-order chi connectivity index (χ1) is 8.97. The Bertz CT molecular complexity index is 710. The molecule has 0 spiro atoms. The molecular formula is C13H9Cl2NO2S. The van der Waals surface area contributed by atoms with Crippen LogP contribution in [0.4, 0.5) is 0 Å². The molecule has 0 radical (unpaired) electrons. The lowest BCUT2D eigenvalue weighted by atomic mass is 10.3. The van der Waals surface area contributed by atoms with Gasteiger partial charge in [0.05, 0.1) is 4.90 Å². The van der Waals surface area contributed by atoms with E-state index in [1.165, 1.54) is 24.4 Å². The minimum absolute atomic E-state index is 0.151. The molecular weight excluding hydrogens is 305 g/mol. The van der Waals surface area contributed by atoms with Crippen LogP contribution in [-0.2, 0) is 9.84 Å². The minimum Gasteiger partial charge on any atom is -0.244 e. The second kappa shape index (κ2) is 5.74. The van der Waals surface area contributed by atoms with Crippen LogP contribution in [0.15, 0.2) is 52.9 Å². The standard InChI is InChI=1S/C13H9Cl2NO2S/c14-11-2-1-3-12(8-11)19(17,18)7-6-10-4-5-13(15)16-9-10/h1-9H/b7-6+. The number of nitrogens with zero attached hydrogens (tertiary/aromatic N) is 1. The number of benzene rings is 1. The molecule has 1 aromatic heterocycles. The molecule has 1 aromatic carbocycles. The largest absolute Gasteiger partial charge is 0.244 e. The molecule has 0 N–H and O–H groups in total. The van der Waals surface area contributed by atoms with Gasteiger partial charge in [0.15, 0.2) is 9.84 Å². The van der Waals surface area contributed by atoms with Gasteiger partial charge in [-0.25, -0.2) is 13.4 Å². The molecule has 0 fully saturated rings. The molecule has 2 rings (SSSR count). The third-order valence-electron chi connectivity index (χ3n) is 2.31. The fourth-order valence-electron chi connectivity index (χ4n) is 1.38. The minimum atomic E-state index is -3.52. The molecule has 98 valence electrons. The van der Waals surface area contributed by atoms with E-state index in [-0.39, 0.29) is 4.90 Å².